The van der Waals surface area contributed by atoms with Gasteiger partial charge >= 0.3 is 6.09 Å². The molecular weight excluding hydrogens is 402 g/mol. The van der Waals surface area contributed by atoms with Gasteiger partial charge in [-0.15, -0.1) is 11.3 Å². The molecule has 0 unspecified atom stereocenters. The van der Waals surface area contributed by atoms with Crippen LogP contribution in [0.5, 0.6) is 0 Å². The summed E-state index contributed by atoms with van der Waals surface area (Å²) in [4.78, 5) is 16.8. The first-order chi connectivity index (χ1) is 10.7. The molecule has 0 saturated heterocycles. The maximum absolute atomic E-state index is 11.8. The van der Waals surface area contributed by atoms with E-state index in [2.05, 4.69) is 31.5 Å². The van der Waals surface area contributed by atoms with E-state index >= 15 is 0 Å². The predicted molar refractivity (Wildman–Crippen MR) is 98.4 cm³/mol. The number of hydrogen-bond donors (Lipinski definition) is 2. The summed E-state index contributed by atoms with van der Waals surface area (Å²) in [7, 11) is 0. The van der Waals surface area contributed by atoms with Crippen LogP contribution in [0.4, 0.5) is 16.2 Å². The molecule has 23 heavy (non-hydrogen) atoms. The van der Waals surface area contributed by atoms with E-state index in [4.69, 9.17) is 16.3 Å². The minimum Gasteiger partial charge on any atom is -0.444 e. The summed E-state index contributed by atoms with van der Waals surface area (Å²) < 4.78 is 6.65. The van der Waals surface area contributed by atoms with E-state index < -0.39 is 11.7 Å². The van der Waals surface area contributed by atoms with E-state index in [0.717, 1.165) is 15.0 Å². The Labute approximate surface area is 152 Å². The van der Waals surface area contributed by atoms with Crippen molar-refractivity contribution in [3.63, 3.8) is 0 Å². The van der Waals surface area contributed by atoms with Gasteiger partial charge in [0.1, 0.15) is 5.60 Å². The zero-order valence-electron chi connectivity index (χ0n) is 12.9. The number of hydrogen-bond acceptors (Lipinski definition) is 5. The summed E-state index contributed by atoms with van der Waals surface area (Å²) in [5, 5.41) is 5.99. The van der Waals surface area contributed by atoms with Crippen molar-refractivity contribution < 1.29 is 9.53 Å². The number of ether oxygens (including phenoxy) is 1. The summed E-state index contributed by atoms with van der Waals surface area (Å²) >= 11 is 10.7. The molecular formula is C15H17BrClN3O2S. The lowest BCUT2D eigenvalue weighted by Crippen LogP contribution is -2.27. The first-order valence-corrected chi connectivity index (χ1v) is 8.85. The third-order valence-electron chi connectivity index (χ3n) is 2.59. The molecule has 1 heterocycles. The molecule has 8 heteroatoms. The van der Waals surface area contributed by atoms with Gasteiger partial charge in [0.2, 0.25) is 0 Å². The lowest BCUT2D eigenvalue weighted by molar-refractivity contribution is 0.0636. The smallest absolute Gasteiger partial charge is 0.412 e. The highest BCUT2D eigenvalue weighted by Gasteiger charge is 2.16. The number of thiazole rings is 1. The van der Waals surface area contributed by atoms with Crippen LogP contribution in [0.2, 0.25) is 4.47 Å². The van der Waals surface area contributed by atoms with Crippen LogP contribution in [0, 0.1) is 0 Å². The standard InChI is InChI=1S/C15H17BrClN3O2S/c1-15(2,3)22-14(21)20-9-4-5-11(16)12(6-9)18-7-10-8-19-13(17)23-10/h4-6,8,18H,7H2,1-3H3,(H,20,21). The molecule has 0 aliphatic carbocycles. The predicted octanol–water partition coefficient (Wildman–Crippen LogP) is 5.52. The maximum atomic E-state index is 11.8. The summed E-state index contributed by atoms with van der Waals surface area (Å²) in [5.41, 5.74) is 0.960. The molecule has 2 aromatic rings. The average molecular weight is 419 g/mol. The van der Waals surface area contributed by atoms with Gasteiger partial charge in [-0.3, -0.25) is 5.32 Å². The van der Waals surface area contributed by atoms with Gasteiger partial charge < -0.3 is 10.1 Å². The summed E-state index contributed by atoms with van der Waals surface area (Å²) in [5.74, 6) is 0. The molecule has 1 aromatic carbocycles. The number of halogens is 2. The lowest BCUT2D eigenvalue weighted by Gasteiger charge is -2.20. The van der Waals surface area contributed by atoms with Crippen LogP contribution in [0.25, 0.3) is 0 Å². The van der Waals surface area contributed by atoms with Gasteiger partial charge in [-0.05, 0) is 54.9 Å². The van der Waals surface area contributed by atoms with Crippen molar-refractivity contribution in [2.24, 2.45) is 0 Å². The Kier molecular flexibility index (Phi) is 5.89. The minimum absolute atomic E-state index is 0.486. The fourth-order valence-electron chi connectivity index (χ4n) is 1.71. The van der Waals surface area contributed by atoms with Crippen molar-refractivity contribution in [3.05, 3.63) is 38.2 Å². The highest BCUT2D eigenvalue weighted by atomic mass is 79.9. The van der Waals surface area contributed by atoms with Crippen molar-refractivity contribution in [2.45, 2.75) is 32.9 Å². The van der Waals surface area contributed by atoms with Crippen LogP contribution >= 0.6 is 38.9 Å². The number of carbonyl (C=O) groups is 1. The van der Waals surface area contributed by atoms with Gasteiger partial charge in [0.25, 0.3) is 0 Å². The molecule has 1 aromatic heterocycles. The largest absolute Gasteiger partial charge is 0.444 e. The van der Waals surface area contributed by atoms with Gasteiger partial charge in [-0.1, -0.05) is 11.6 Å². The lowest BCUT2D eigenvalue weighted by atomic mass is 10.2. The molecule has 2 rings (SSSR count). The van der Waals surface area contributed by atoms with Crippen molar-refractivity contribution in [1.82, 2.24) is 4.98 Å². The SMILES string of the molecule is CC(C)(C)OC(=O)Nc1ccc(Br)c(NCc2cnc(Cl)s2)c1. The topological polar surface area (TPSA) is 63.2 Å². The molecule has 0 atom stereocenters. The van der Waals surface area contributed by atoms with E-state index in [9.17, 15) is 4.79 Å². The molecule has 2 N–H and O–H groups in total. The average Bonchev–Trinajstić information content (AvgIpc) is 2.83. The van der Waals surface area contributed by atoms with Crippen molar-refractivity contribution in [3.8, 4) is 0 Å². The fourth-order valence-corrected chi connectivity index (χ4v) is 3.01. The molecule has 0 radical (unpaired) electrons. The van der Waals surface area contributed by atoms with Crippen LogP contribution in [0.3, 0.4) is 0 Å². The van der Waals surface area contributed by atoms with Crippen LogP contribution in [-0.2, 0) is 11.3 Å². The van der Waals surface area contributed by atoms with E-state index in [-0.39, 0.29) is 0 Å². The number of rotatable bonds is 4. The highest BCUT2D eigenvalue weighted by Crippen LogP contribution is 2.28. The second-order valence-corrected chi connectivity index (χ2v) is 8.31. The quantitative estimate of drug-likeness (QED) is 0.686. The van der Waals surface area contributed by atoms with Crippen LogP contribution < -0.4 is 10.6 Å². The molecule has 0 bridgehead atoms. The van der Waals surface area contributed by atoms with Crippen molar-refractivity contribution >= 4 is 56.3 Å². The number of carbonyl (C=O) groups excluding carboxylic acids is 1. The van der Waals surface area contributed by atoms with Gasteiger partial charge in [-0.25, -0.2) is 9.78 Å². The van der Waals surface area contributed by atoms with Crippen molar-refractivity contribution in [1.29, 1.82) is 0 Å². The van der Waals surface area contributed by atoms with Crippen LogP contribution in [-0.4, -0.2) is 16.7 Å². The van der Waals surface area contributed by atoms with E-state index in [1.54, 1.807) is 12.3 Å². The monoisotopic (exact) mass is 417 g/mol. The van der Waals surface area contributed by atoms with Crippen molar-refractivity contribution in [2.75, 3.05) is 10.6 Å². The minimum atomic E-state index is -0.536. The Hall–Kier alpha value is -1.31. The van der Waals surface area contributed by atoms with Gasteiger partial charge in [0, 0.05) is 21.2 Å². The molecule has 0 saturated carbocycles. The fraction of sp³-hybridized carbons (Fsp3) is 0.333. The van der Waals surface area contributed by atoms with Gasteiger partial charge in [0.05, 0.1) is 12.2 Å². The van der Waals surface area contributed by atoms with E-state index in [1.165, 1.54) is 11.3 Å². The zero-order valence-corrected chi connectivity index (χ0v) is 16.1. The Bertz CT molecular complexity index is 700. The molecule has 5 nitrogen and oxygen atoms in total. The van der Waals surface area contributed by atoms with Crippen LogP contribution in [0.15, 0.2) is 28.9 Å². The molecule has 0 aliphatic rings. The molecule has 0 fully saturated rings. The number of aromatic nitrogens is 1. The second kappa shape index (κ2) is 7.51. The summed E-state index contributed by atoms with van der Waals surface area (Å²) in [6, 6.07) is 5.48. The molecule has 124 valence electrons. The normalized spacial score (nSPS) is 11.2. The summed E-state index contributed by atoms with van der Waals surface area (Å²) in [6.07, 6.45) is 1.25. The van der Waals surface area contributed by atoms with Crippen LogP contribution in [0.1, 0.15) is 25.6 Å². The molecule has 0 spiro atoms. The van der Waals surface area contributed by atoms with Gasteiger partial charge in [0.15, 0.2) is 4.47 Å². The Morgan fingerprint density at radius 3 is 2.78 bits per heavy atom. The second-order valence-electron chi connectivity index (χ2n) is 5.75. The first-order valence-electron chi connectivity index (χ1n) is 6.86. The Morgan fingerprint density at radius 1 is 1.43 bits per heavy atom. The maximum Gasteiger partial charge on any atom is 0.412 e. The Morgan fingerprint density at radius 2 is 2.17 bits per heavy atom. The number of nitrogens with zero attached hydrogens (tertiary/aromatic N) is 1. The number of nitrogens with one attached hydrogen (secondary N) is 2. The number of amides is 1. The molecule has 1 amide bonds. The molecule has 0 aliphatic heterocycles. The third-order valence-corrected chi connectivity index (χ3v) is 4.40. The summed E-state index contributed by atoms with van der Waals surface area (Å²) in [6.45, 7) is 6.06. The third kappa shape index (κ3) is 6.01. The number of anilines is 2. The highest BCUT2D eigenvalue weighted by molar-refractivity contribution is 9.10. The van der Waals surface area contributed by atoms with E-state index in [0.29, 0.717) is 16.7 Å². The van der Waals surface area contributed by atoms with E-state index in [1.807, 2.05) is 32.9 Å². The number of benzene rings is 1. The first kappa shape index (κ1) is 18.0. The van der Waals surface area contributed by atoms with Gasteiger partial charge in [-0.2, -0.15) is 0 Å². The Balaban J connectivity index is 2.02. The zero-order chi connectivity index (χ0) is 17.0.